The molecule has 2 rings (SSSR count). The summed E-state index contributed by atoms with van der Waals surface area (Å²) >= 11 is 0. The minimum absolute atomic E-state index is 0.00260. The van der Waals surface area contributed by atoms with Gasteiger partial charge in [0, 0.05) is 0 Å². The number of carboxylic acid groups (broad SMARTS) is 1. The lowest BCUT2D eigenvalue weighted by atomic mass is 10.2. The summed E-state index contributed by atoms with van der Waals surface area (Å²) < 4.78 is 31.6. The largest absolute Gasteiger partial charge is 0.497 e. The number of carbonyl (C=O) groups is 1. The molecule has 122 valence electrons. The molecule has 0 aromatic heterocycles. The van der Waals surface area contributed by atoms with Crippen LogP contribution < -0.4 is 9.04 Å². The van der Waals surface area contributed by atoms with Gasteiger partial charge in [0.05, 0.1) is 17.7 Å². The van der Waals surface area contributed by atoms with Crippen molar-refractivity contribution in [3.8, 4) is 5.75 Å². The summed E-state index contributed by atoms with van der Waals surface area (Å²) in [6, 6.07) is 12.6. The molecule has 1 N–H and O–H groups in total. The third kappa shape index (κ3) is 3.62. The Bertz CT molecular complexity index is 799. The van der Waals surface area contributed by atoms with Gasteiger partial charge in [0.2, 0.25) is 0 Å². The van der Waals surface area contributed by atoms with Crippen molar-refractivity contribution in [1.82, 2.24) is 0 Å². The van der Waals surface area contributed by atoms with Gasteiger partial charge in [-0.1, -0.05) is 18.2 Å². The quantitative estimate of drug-likeness (QED) is 0.875. The topological polar surface area (TPSA) is 83.9 Å². The van der Waals surface area contributed by atoms with Crippen LogP contribution in [0.2, 0.25) is 0 Å². The normalized spacial score (nSPS) is 11.0. The Kier molecular flexibility index (Phi) is 4.90. The highest BCUT2D eigenvalue weighted by atomic mass is 32.2. The molecule has 2 aromatic carbocycles. The SMILES string of the molecule is COc1ccc(S(=O)(=O)N(CC(=O)O)c2ccccc2C)cc1. The van der Waals surface area contributed by atoms with Gasteiger partial charge in [-0.2, -0.15) is 0 Å². The lowest BCUT2D eigenvalue weighted by Crippen LogP contribution is -2.36. The number of carboxylic acids is 1. The Morgan fingerprint density at radius 1 is 1.13 bits per heavy atom. The van der Waals surface area contributed by atoms with Gasteiger partial charge in [0.25, 0.3) is 10.0 Å². The van der Waals surface area contributed by atoms with Crippen LogP contribution in [0.15, 0.2) is 53.4 Å². The zero-order chi connectivity index (χ0) is 17.0. The van der Waals surface area contributed by atoms with E-state index in [2.05, 4.69) is 0 Å². The maximum absolute atomic E-state index is 12.8. The Morgan fingerprint density at radius 2 is 1.74 bits per heavy atom. The van der Waals surface area contributed by atoms with Crippen LogP contribution in [0, 0.1) is 6.92 Å². The fourth-order valence-electron chi connectivity index (χ4n) is 2.14. The number of benzene rings is 2. The minimum Gasteiger partial charge on any atom is -0.497 e. The first-order chi connectivity index (χ1) is 10.9. The monoisotopic (exact) mass is 335 g/mol. The van der Waals surface area contributed by atoms with E-state index in [1.807, 2.05) is 0 Å². The smallest absolute Gasteiger partial charge is 0.324 e. The van der Waals surface area contributed by atoms with Gasteiger partial charge in [0.15, 0.2) is 0 Å². The molecule has 0 unspecified atom stereocenters. The van der Waals surface area contributed by atoms with Crippen molar-refractivity contribution >= 4 is 21.7 Å². The highest BCUT2D eigenvalue weighted by molar-refractivity contribution is 7.92. The van der Waals surface area contributed by atoms with Crippen LogP contribution >= 0.6 is 0 Å². The predicted molar refractivity (Wildman–Crippen MR) is 86.3 cm³/mol. The van der Waals surface area contributed by atoms with Crippen molar-refractivity contribution in [1.29, 1.82) is 0 Å². The zero-order valence-corrected chi connectivity index (χ0v) is 13.6. The fraction of sp³-hybridized carbons (Fsp3) is 0.188. The molecular weight excluding hydrogens is 318 g/mol. The van der Waals surface area contributed by atoms with Gasteiger partial charge >= 0.3 is 5.97 Å². The molecule has 0 amide bonds. The van der Waals surface area contributed by atoms with Gasteiger partial charge in [-0.25, -0.2) is 8.42 Å². The second-order valence-corrected chi connectivity index (χ2v) is 6.73. The van der Waals surface area contributed by atoms with Crippen LogP contribution in [0.1, 0.15) is 5.56 Å². The number of sulfonamides is 1. The van der Waals surface area contributed by atoms with Crippen LogP contribution in [0.4, 0.5) is 5.69 Å². The number of aryl methyl sites for hydroxylation is 1. The molecule has 0 spiro atoms. The highest BCUT2D eigenvalue weighted by Crippen LogP contribution is 2.27. The number of ether oxygens (including phenoxy) is 1. The summed E-state index contributed by atoms with van der Waals surface area (Å²) in [6.07, 6.45) is 0. The van der Waals surface area contributed by atoms with Gasteiger partial charge in [-0.15, -0.1) is 0 Å². The summed E-state index contributed by atoms with van der Waals surface area (Å²) in [5.41, 5.74) is 1.01. The van der Waals surface area contributed by atoms with Crippen molar-refractivity contribution in [2.75, 3.05) is 18.0 Å². The number of para-hydroxylation sites is 1. The molecular formula is C16H17NO5S. The summed E-state index contributed by atoms with van der Waals surface area (Å²) in [4.78, 5) is 11.1. The number of methoxy groups -OCH3 is 1. The second kappa shape index (κ2) is 6.70. The van der Waals surface area contributed by atoms with E-state index < -0.39 is 22.5 Å². The summed E-state index contributed by atoms with van der Waals surface area (Å²) in [7, 11) is -2.52. The highest BCUT2D eigenvalue weighted by Gasteiger charge is 2.28. The third-order valence-corrected chi connectivity index (χ3v) is 5.08. The van der Waals surface area contributed by atoms with Crippen LogP contribution in [0.5, 0.6) is 5.75 Å². The molecule has 0 aliphatic heterocycles. The zero-order valence-electron chi connectivity index (χ0n) is 12.8. The van der Waals surface area contributed by atoms with Crippen molar-refractivity contribution in [2.24, 2.45) is 0 Å². The molecule has 7 heteroatoms. The van der Waals surface area contributed by atoms with Crippen molar-refractivity contribution in [2.45, 2.75) is 11.8 Å². The molecule has 0 saturated carbocycles. The molecule has 0 saturated heterocycles. The Hall–Kier alpha value is -2.54. The number of hydrogen-bond donors (Lipinski definition) is 1. The Labute approximate surface area is 135 Å². The molecule has 0 fully saturated rings. The first-order valence-electron chi connectivity index (χ1n) is 6.80. The number of hydrogen-bond acceptors (Lipinski definition) is 4. The van der Waals surface area contributed by atoms with Crippen LogP contribution in [-0.2, 0) is 14.8 Å². The number of rotatable bonds is 6. The third-order valence-electron chi connectivity index (χ3n) is 3.31. The van der Waals surface area contributed by atoms with Crippen LogP contribution in [-0.4, -0.2) is 33.1 Å². The van der Waals surface area contributed by atoms with E-state index in [0.717, 1.165) is 4.31 Å². The average molecular weight is 335 g/mol. The maximum atomic E-state index is 12.8. The first-order valence-corrected chi connectivity index (χ1v) is 8.24. The van der Waals surface area contributed by atoms with Crippen molar-refractivity contribution in [3.63, 3.8) is 0 Å². The second-order valence-electron chi connectivity index (χ2n) is 4.87. The molecule has 2 aromatic rings. The standard InChI is InChI=1S/C16H17NO5S/c1-12-5-3-4-6-15(12)17(11-16(18)19)23(20,21)14-9-7-13(22-2)8-10-14/h3-10H,11H2,1-2H3,(H,18,19). The molecule has 0 heterocycles. The predicted octanol–water partition coefficient (Wildman–Crippen LogP) is 2.28. The molecule has 0 aliphatic rings. The average Bonchev–Trinajstić information content (AvgIpc) is 2.53. The molecule has 0 bridgehead atoms. The van der Waals surface area contributed by atoms with E-state index >= 15 is 0 Å². The van der Waals surface area contributed by atoms with E-state index in [1.54, 1.807) is 31.2 Å². The minimum atomic E-state index is -4.00. The van der Waals surface area contributed by atoms with Gasteiger partial charge < -0.3 is 9.84 Å². The van der Waals surface area contributed by atoms with Gasteiger partial charge in [-0.05, 0) is 42.8 Å². The van der Waals surface area contributed by atoms with E-state index in [9.17, 15) is 13.2 Å². The number of aliphatic carboxylic acids is 1. The molecule has 0 radical (unpaired) electrons. The molecule has 0 aliphatic carbocycles. The fourth-order valence-corrected chi connectivity index (χ4v) is 3.62. The van der Waals surface area contributed by atoms with Crippen LogP contribution in [0.3, 0.4) is 0 Å². The first kappa shape index (κ1) is 16.8. The Morgan fingerprint density at radius 3 is 2.26 bits per heavy atom. The number of nitrogens with zero attached hydrogens (tertiary/aromatic N) is 1. The molecule has 23 heavy (non-hydrogen) atoms. The lowest BCUT2D eigenvalue weighted by molar-refractivity contribution is -0.135. The van der Waals surface area contributed by atoms with E-state index in [-0.39, 0.29) is 4.90 Å². The lowest BCUT2D eigenvalue weighted by Gasteiger charge is -2.24. The van der Waals surface area contributed by atoms with Crippen molar-refractivity contribution in [3.05, 3.63) is 54.1 Å². The number of anilines is 1. The summed E-state index contributed by atoms with van der Waals surface area (Å²) in [5, 5.41) is 9.10. The van der Waals surface area contributed by atoms with E-state index in [1.165, 1.54) is 31.4 Å². The molecule has 0 atom stereocenters. The van der Waals surface area contributed by atoms with Gasteiger partial charge in [-0.3, -0.25) is 9.10 Å². The Balaban J connectivity index is 2.53. The maximum Gasteiger partial charge on any atom is 0.324 e. The summed E-state index contributed by atoms with van der Waals surface area (Å²) in [6.45, 7) is 1.08. The van der Waals surface area contributed by atoms with Gasteiger partial charge in [0.1, 0.15) is 12.3 Å². The summed E-state index contributed by atoms with van der Waals surface area (Å²) in [5.74, 6) is -0.713. The molecule has 6 nitrogen and oxygen atoms in total. The van der Waals surface area contributed by atoms with Crippen molar-refractivity contribution < 1.29 is 23.1 Å². The van der Waals surface area contributed by atoms with E-state index in [4.69, 9.17) is 9.84 Å². The van der Waals surface area contributed by atoms with E-state index in [0.29, 0.717) is 17.0 Å². The van der Waals surface area contributed by atoms with Crippen LogP contribution in [0.25, 0.3) is 0 Å².